The highest BCUT2D eigenvalue weighted by atomic mass is 35.5. The first-order valence-electron chi connectivity index (χ1n) is 8.46. The van der Waals surface area contributed by atoms with E-state index in [4.69, 9.17) is 11.6 Å². The number of rotatable bonds is 4. The number of halogens is 1. The van der Waals surface area contributed by atoms with Gasteiger partial charge in [-0.3, -0.25) is 9.36 Å². The molecule has 136 valence electrons. The van der Waals surface area contributed by atoms with E-state index in [9.17, 15) is 4.79 Å². The van der Waals surface area contributed by atoms with Crippen molar-refractivity contribution in [3.05, 3.63) is 80.9 Å². The second-order valence-corrected chi connectivity index (χ2v) is 7.74. The quantitative estimate of drug-likeness (QED) is 0.542. The summed E-state index contributed by atoms with van der Waals surface area (Å²) in [5.41, 5.74) is 4.21. The second kappa shape index (κ2) is 7.13. The van der Waals surface area contributed by atoms with Crippen LogP contribution in [0, 0.1) is 13.8 Å². The Morgan fingerprint density at radius 3 is 2.67 bits per heavy atom. The maximum atomic E-state index is 13.0. The van der Waals surface area contributed by atoms with Crippen LogP contribution < -0.4 is 10.9 Å². The van der Waals surface area contributed by atoms with Gasteiger partial charge >= 0.3 is 0 Å². The molecule has 0 atom stereocenters. The number of nitrogens with zero attached hydrogens (tertiary/aromatic N) is 3. The zero-order chi connectivity index (χ0) is 19.0. The summed E-state index contributed by atoms with van der Waals surface area (Å²) in [6, 6.07) is 13.8. The van der Waals surface area contributed by atoms with E-state index in [1.54, 1.807) is 6.07 Å². The summed E-state index contributed by atoms with van der Waals surface area (Å²) in [5, 5.41) is 4.46. The molecule has 1 N–H and O–H groups in total. The van der Waals surface area contributed by atoms with Gasteiger partial charge in [0.05, 0.1) is 10.7 Å². The number of hydrogen-bond donors (Lipinski definition) is 1. The molecule has 4 aromatic rings. The highest BCUT2D eigenvalue weighted by molar-refractivity contribution is 7.22. The van der Waals surface area contributed by atoms with Gasteiger partial charge in [0.15, 0.2) is 10.8 Å². The van der Waals surface area contributed by atoms with Crippen molar-refractivity contribution < 1.29 is 0 Å². The number of aromatic nitrogens is 3. The topological polar surface area (TPSA) is 59.8 Å². The molecule has 0 bridgehead atoms. The van der Waals surface area contributed by atoms with Crippen LogP contribution in [0.4, 0.5) is 5.13 Å². The van der Waals surface area contributed by atoms with Crippen LogP contribution >= 0.6 is 22.9 Å². The molecule has 0 aliphatic rings. The smallest absolute Gasteiger partial charge is 0.277 e. The Kier molecular flexibility index (Phi) is 4.68. The second-order valence-electron chi connectivity index (χ2n) is 6.34. The summed E-state index contributed by atoms with van der Waals surface area (Å²) in [4.78, 5) is 21.8. The van der Waals surface area contributed by atoms with Gasteiger partial charge in [0.25, 0.3) is 5.56 Å². The number of hydrogen-bond acceptors (Lipinski definition) is 5. The Hall–Kier alpha value is -2.70. The molecule has 7 heteroatoms. The van der Waals surface area contributed by atoms with E-state index in [0.29, 0.717) is 32.7 Å². The van der Waals surface area contributed by atoms with Crippen molar-refractivity contribution in [2.45, 2.75) is 20.4 Å². The first-order chi connectivity index (χ1) is 13.0. The van der Waals surface area contributed by atoms with Crippen LogP contribution in [0.3, 0.4) is 0 Å². The van der Waals surface area contributed by atoms with Crippen LogP contribution in [-0.2, 0) is 6.54 Å². The molecule has 0 aliphatic heterocycles. The average molecular weight is 397 g/mol. The van der Waals surface area contributed by atoms with Gasteiger partial charge in [0, 0.05) is 6.54 Å². The summed E-state index contributed by atoms with van der Waals surface area (Å²) in [6.45, 7) is 4.61. The molecule has 0 spiro atoms. The van der Waals surface area contributed by atoms with Gasteiger partial charge in [-0.15, -0.1) is 0 Å². The molecule has 5 nitrogen and oxygen atoms in total. The minimum absolute atomic E-state index is 0.169. The van der Waals surface area contributed by atoms with Gasteiger partial charge in [0.1, 0.15) is 11.0 Å². The minimum Gasteiger partial charge on any atom is -0.357 e. The van der Waals surface area contributed by atoms with Crippen LogP contribution in [-0.4, -0.2) is 14.5 Å². The van der Waals surface area contributed by atoms with Crippen molar-refractivity contribution in [3.8, 4) is 5.69 Å². The largest absolute Gasteiger partial charge is 0.357 e. The number of benzene rings is 2. The number of anilines is 1. The van der Waals surface area contributed by atoms with E-state index in [1.165, 1.54) is 27.8 Å². The van der Waals surface area contributed by atoms with Gasteiger partial charge in [-0.2, -0.15) is 4.98 Å². The monoisotopic (exact) mass is 396 g/mol. The number of nitrogens with one attached hydrogen (secondary N) is 1. The van der Waals surface area contributed by atoms with Crippen LogP contribution in [0.5, 0.6) is 0 Å². The summed E-state index contributed by atoms with van der Waals surface area (Å²) in [7, 11) is 0. The number of thiazole rings is 1. The summed E-state index contributed by atoms with van der Waals surface area (Å²) < 4.78 is 1.99. The standard InChI is InChI=1S/C20H17ClN4OS/c1-12-6-8-14(9-7-12)10-22-20-24-18-17(27-20)19(26)25(11-23-18)16-13(2)4-3-5-15(16)21/h3-9,11H,10H2,1-2H3,(H,22,24). The highest BCUT2D eigenvalue weighted by Gasteiger charge is 2.14. The fourth-order valence-electron chi connectivity index (χ4n) is 2.86. The van der Waals surface area contributed by atoms with Crippen molar-refractivity contribution in [1.82, 2.24) is 14.5 Å². The van der Waals surface area contributed by atoms with Gasteiger partial charge in [0.2, 0.25) is 0 Å². The fraction of sp³-hybridized carbons (Fsp3) is 0.150. The van der Waals surface area contributed by atoms with E-state index in [2.05, 4.69) is 46.5 Å². The van der Waals surface area contributed by atoms with Crippen LogP contribution in [0.1, 0.15) is 16.7 Å². The Morgan fingerprint density at radius 1 is 1.15 bits per heavy atom. The molecule has 0 fully saturated rings. The third kappa shape index (κ3) is 3.46. The van der Waals surface area contributed by atoms with Gasteiger partial charge in [-0.05, 0) is 31.0 Å². The summed E-state index contributed by atoms with van der Waals surface area (Å²) in [6.07, 6.45) is 1.49. The lowest BCUT2D eigenvalue weighted by molar-refractivity contribution is 0.952. The zero-order valence-corrected chi connectivity index (χ0v) is 16.4. The Balaban J connectivity index is 1.68. The third-order valence-electron chi connectivity index (χ3n) is 4.31. The molecule has 0 saturated carbocycles. The van der Waals surface area contributed by atoms with Crippen molar-refractivity contribution in [2.75, 3.05) is 5.32 Å². The number of aryl methyl sites for hydroxylation is 2. The number of para-hydroxylation sites is 1. The Labute approximate surface area is 165 Å². The first kappa shape index (κ1) is 17.7. The molecular weight excluding hydrogens is 380 g/mol. The first-order valence-corrected chi connectivity index (χ1v) is 9.65. The summed E-state index contributed by atoms with van der Waals surface area (Å²) >= 11 is 7.61. The number of fused-ring (bicyclic) bond motifs is 1. The van der Waals surface area contributed by atoms with Crippen LogP contribution in [0.15, 0.2) is 53.6 Å². The fourth-order valence-corrected chi connectivity index (χ4v) is 4.02. The van der Waals surface area contributed by atoms with Crippen molar-refractivity contribution in [3.63, 3.8) is 0 Å². The lowest BCUT2D eigenvalue weighted by atomic mass is 10.1. The molecule has 2 aromatic carbocycles. The molecule has 0 saturated heterocycles. The molecule has 2 aromatic heterocycles. The van der Waals surface area contributed by atoms with E-state index in [1.807, 2.05) is 19.1 Å². The molecule has 0 unspecified atom stereocenters. The van der Waals surface area contributed by atoms with Gasteiger partial charge < -0.3 is 5.32 Å². The van der Waals surface area contributed by atoms with E-state index in [-0.39, 0.29) is 5.56 Å². The zero-order valence-electron chi connectivity index (χ0n) is 14.9. The van der Waals surface area contributed by atoms with Crippen LogP contribution in [0.25, 0.3) is 16.0 Å². The summed E-state index contributed by atoms with van der Waals surface area (Å²) in [5.74, 6) is 0. The average Bonchev–Trinajstić information content (AvgIpc) is 3.07. The predicted molar refractivity (Wildman–Crippen MR) is 111 cm³/mol. The molecule has 2 heterocycles. The molecule has 4 rings (SSSR count). The predicted octanol–water partition coefficient (Wildman–Crippen LogP) is 4.72. The van der Waals surface area contributed by atoms with Gasteiger partial charge in [-0.25, -0.2) is 4.98 Å². The van der Waals surface area contributed by atoms with E-state index < -0.39 is 0 Å². The minimum atomic E-state index is -0.169. The maximum Gasteiger partial charge on any atom is 0.277 e. The maximum absolute atomic E-state index is 13.0. The van der Waals surface area contributed by atoms with E-state index in [0.717, 1.165) is 11.1 Å². The van der Waals surface area contributed by atoms with E-state index >= 15 is 0 Å². The third-order valence-corrected chi connectivity index (χ3v) is 5.61. The van der Waals surface area contributed by atoms with Gasteiger partial charge in [-0.1, -0.05) is 64.9 Å². The highest BCUT2D eigenvalue weighted by Crippen LogP contribution is 2.26. The molecule has 0 aliphatic carbocycles. The lowest BCUT2D eigenvalue weighted by Gasteiger charge is -2.10. The molecule has 0 amide bonds. The van der Waals surface area contributed by atoms with Crippen molar-refractivity contribution >= 4 is 38.4 Å². The SMILES string of the molecule is Cc1ccc(CNc2nc3ncn(-c4c(C)cccc4Cl)c(=O)c3s2)cc1. The van der Waals surface area contributed by atoms with Crippen molar-refractivity contribution in [1.29, 1.82) is 0 Å². The normalized spacial score (nSPS) is 11.1. The van der Waals surface area contributed by atoms with Crippen molar-refractivity contribution in [2.24, 2.45) is 0 Å². The molecule has 0 radical (unpaired) electrons. The van der Waals surface area contributed by atoms with Crippen LogP contribution in [0.2, 0.25) is 5.02 Å². The Morgan fingerprint density at radius 2 is 1.93 bits per heavy atom. The molecular formula is C20H17ClN4OS. The molecule has 27 heavy (non-hydrogen) atoms. The lowest BCUT2D eigenvalue weighted by Crippen LogP contribution is -2.19. The Bertz CT molecular complexity index is 1160.